The van der Waals surface area contributed by atoms with Crippen molar-refractivity contribution in [3.05, 3.63) is 29.3 Å². The van der Waals surface area contributed by atoms with Crippen molar-refractivity contribution in [2.24, 2.45) is 0 Å². The van der Waals surface area contributed by atoms with Crippen LogP contribution in [0.4, 0.5) is 0 Å². The van der Waals surface area contributed by atoms with Gasteiger partial charge in [-0.2, -0.15) is 0 Å². The van der Waals surface area contributed by atoms with E-state index in [4.69, 9.17) is 4.74 Å². The molecule has 2 aliphatic heterocycles. The van der Waals surface area contributed by atoms with E-state index in [1.807, 2.05) is 6.92 Å². The standard InChI is InChI=1S/C17H26N2O/c1-2-20-15-7-8-16-14(11-15)12-18-13-17(16)19-9-5-3-4-6-10-19/h7-8,11,17-18H,2-6,9-10,12-13H2,1H3/t17-/m1/s1. The molecule has 1 atom stereocenters. The minimum absolute atomic E-state index is 0.549. The molecule has 3 heteroatoms. The molecule has 0 bridgehead atoms. The van der Waals surface area contributed by atoms with E-state index in [9.17, 15) is 0 Å². The number of fused-ring (bicyclic) bond motifs is 1. The summed E-state index contributed by atoms with van der Waals surface area (Å²) in [5.74, 6) is 1.00. The highest BCUT2D eigenvalue weighted by atomic mass is 16.5. The first-order chi connectivity index (χ1) is 9.88. The van der Waals surface area contributed by atoms with Crippen LogP contribution in [0.25, 0.3) is 0 Å². The molecule has 1 N–H and O–H groups in total. The molecule has 1 saturated heterocycles. The molecule has 20 heavy (non-hydrogen) atoms. The van der Waals surface area contributed by atoms with Crippen LogP contribution in [0.5, 0.6) is 5.75 Å². The van der Waals surface area contributed by atoms with Crippen molar-refractivity contribution in [3.8, 4) is 5.75 Å². The number of hydrogen-bond acceptors (Lipinski definition) is 3. The third kappa shape index (κ3) is 2.99. The highest BCUT2D eigenvalue weighted by molar-refractivity contribution is 5.39. The SMILES string of the molecule is CCOc1ccc2c(c1)CNC[C@H]2N1CCCCCC1. The number of rotatable bonds is 3. The molecule has 0 aliphatic carbocycles. The lowest BCUT2D eigenvalue weighted by Crippen LogP contribution is -2.40. The van der Waals surface area contributed by atoms with Gasteiger partial charge < -0.3 is 10.1 Å². The first kappa shape index (κ1) is 13.9. The van der Waals surface area contributed by atoms with E-state index in [-0.39, 0.29) is 0 Å². The number of nitrogens with one attached hydrogen (secondary N) is 1. The average Bonchev–Trinajstić information content (AvgIpc) is 2.76. The Balaban J connectivity index is 1.81. The second-order valence-electron chi connectivity index (χ2n) is 5.89. The lowest BCUT2D eigenvalue weighted by molar-refractivity contribution is 0.192. The molecule has 0 unspecified atom stereocenters. The van der Waals surface area contributed by atoms with Crippen LogP contribution in [0.1, 0.15) is 49.8 Å². The van der Waals surface area contributed by atoms with Crippen molar-refractivity contribution in [1.82, 2.24) is 10.2 Å². The van der Waals surface area contributed by atoms with Crippen LogP contribution in [0.15, 0.2) is 18.2 Å². The molecule has 1 aromatic carbocycles. The summed E-state index contributed by atoms with van der Waals surface area (Å²) < 4.78 is 5.63. The average molecular weight is 274 g/mol. The number of likely N-dealkylation sites (tertiary alicyclic amines) is 1. The summed E-state index contributed by atoms with van der Waals surface area (Å²) in [6.07, 6.45) is 5.49. The second-order valence-corrected chi connectivity index (χ2v) is 5.89. The maximum absolute atomic E-state index is 5.63. The quantitative estimate of drug-likeness (QED) is 0.916. The summed E-state index contributed by atoms with van der Waals surface area (Å²) in [4.78, 5) is 2.68. The monoisotopic (exact) mass is 274 g/mol. The van der Waals surface area contributed by atoms with Crippen LogP contribution < -0.4 is 10.1 Å². The fourth-order valence-corrected chi connectivity index (χ4v) is 3.50. The highest BCUT2D eigenvalue weighted by Gasteiger charge is 2.26. The van der Waals surface area contributed by atoms with E-state index in [0.717, 1.165) is 25.4 Å². The molecular formula is C17H26N2O. The highest BCUT2D eigenvalue weighted by Crippen LogP contribution is 2.31. The molecule has 1 fully saturated rings. The molecule has 110 valence electrons. The molecule has 3 nitrogen and oxygen atoms in total. The zero-order valence-electron chi connectivity index (χ0n) is 12.5. The third-order valence-electron chi connectivity index (χ3n) is 4.52. The van der Waals surface area contributed by atoms with Crippen LogP contribution in [0.3, 0.4) is 0 Å². The normalized spacial score (nSPS) is 23.9. The van der Waals surface area contributed by atoms with Gasteiger partial charge in [-0.15, -0.1) is 0 Å². The van der Waals surface area contributed by atoms with Crippen LogP contribution in [-0.4, -0.2) is 31.1 Å². The topological polar surface area (TPSA) is 24.5 Å². The Morgan fingerprint density at radius 2 is 2.00 bits per heavy atom. The van der Waals surface area contributed by atoms with Gasteiger partial charge in [-0.25, -0.2) is 0 Å². The summed E-state index contributed by atoms with van der Waals surface area (Å²) in [5.41, 5.74) is 2.92. The summed E-state index contributed by atoms with van der Waals surface area (Å²) in [7, 11) is 0. The lowest BCUT2D eigenvalue weighted by Gasteiger charge is -2.35. The van der Waals surface area contributed by atoms with Crippen LogP contribution >= 0.6 is 0 Å². The van der Waals surface area contributed by atoms with Crippen LogP contribution in [0.2, 0.25) is 0 Å². The minimum Gasteiger partial charge on any atom is -0.494 e. The molecular weight excluding hydrogens is 248 g/mol. The fraction of sp³-hybridized carbons (Fsp3) is 0.647. The molecule has 3 rings (SSSR count). The van der Waals surface area contributed by atoms with E-state index in [0.29, 0.717) is 6.04 Å². The van der Waals surface area contributed by atoms with Crippen molar-refractivity contribution < 1.29 is 4.74 Å². The maximum atomic E-state index is 5.63. The largest absolute Gasteiger partial charge is 0.494 e. The van der Waals surface area contributed by atoms with Gasteiger partial charge in [0.1, 0.15) is 5.75 Å². The van der Waals surface area contributed by atoms with E-state index >= 15 is 0 Å². The first-order valence-corrected chi connectivity index (χ1v) is 8.09. The minimum atomic E-state index is 0.549. The number of hydrogen-bond donors (Lipinski definition) is 1. The van der Waals surface area contributed by atoms with Gasteiger partial charge in [0, 0.05) is 19.1 Å². The maximum Gasteiger partial charge on any atom is 0.119 e. The number of ether oxygens (including phenoxy) is 1. The van der Waals surface area contributed by atoms with Gasteiger partial charge in [0.05, 0.1) is 6.61 Å². The number of benzene rings is 1. The fourth-order valence-electron chi connectivity index (χ4n) is 3.50. The Hall–Kier alpha value is -1.06. The third-order valence-corrected chi connectivity index (χ3v) is 4.52. The molecule has 2 aliphatic rings. The Kier molecular flexibility index (Phi) is 4.58. The van der Waals surface area contributed by atoms with Gasteiger partial charge in [-0.1, -0.05) is 18.9 Å². The van der Waals surface area contributed by atoms with Crippen molar-refractivity contribution in [2.75, 3.05) is 26.2 Å². The van der Waals surface area contributed by atoms with Gasteiger partial charge in [0.2, 0.25) is 0 Å². The Labute approximate surface area is 122 Å². The van der Waals surface area contributed by atoms with E-state index < -0.39 is 0 Å². The van der Waals surface area contributed by atoms with Crippen LogP contribution in [0, 0.1) is 0 Å². The molecule has 0 saturated carbocycles. The summed E-state index contributed by atoms with van der Waals surface area (Å²) in [6.45, 7) is 7.33. The van der Waals surface area contributed by atoms with Gasteiger partial charge in [0.25, 0.3) is 0 Å². The van der Waals surface area contributed by atoms with E-state index in [2.05, 4.69) is 28.4 Å². The molecule has 0 spiro atoms. The lowest BCUT2D eigenvalue weighted by atomic mass is 9.95. The van der Waals surface area contributed by atoms with Gasteiger partial charge in [0.15, 0.2) is 0 Å². The molecule has 0 aromatic heterocycles. The number of nitrogens with zero attached hydrogens (tertiary/aromatic N) is 1. The zero-order valence-corrected chi connectivity index (χ0v) is 12.5. The molecule has 0 radical (unpaired) electrons. The summed E-state index contributed by atoms with van der Waals surface area (Å²) in [6, 6.07) is 7.19. The zero-order chi connectivity index (χ0) is 13.8. The smallest absolute Gasteiger partial charge is 0.119 e. The first-order valence-electron chi connectivity index (χ1n) is 8.09. The molecule has 1 aromatic rings. The predicted molar refractivity (Wildman–Crippen MR) is 82.1 cm³/mol. The van der Waals surface area contributed by atoms with Crippen molar-refractivity contribution in [1.29, 1.82) is 0 Å². The van der Waals surface area contributed by atoms with E-state index in [1.54, 1.807) is 0 Å². The molecule has 0 amide bonds. The van der Waals surface area contributed by atoms with Gasteiger partial charge in [-0.3, -0.25) is 4.90 Å². The molecule has 2 heterocycles. The van der Waals surface area contributed by atoms with Gasteiger partial charge >= 0.3 is 0 Å². The Bertz CT molecular complexity index is 439. The summed E-state index contributed by atoms with van der Waals surface area (Å²) in [5, 5.41) is 3.58. The second kappa shape index (κ2) is 6.59. The van der Waals surface area contributed by atoms with Crippen LogP contribution in [-0.2, 0) is 6.54 Å². The van der Waals surface area contributed by atoms with Crippen molar-refractivity contribution in [2.45, 2.75) is 45.2 Å². The van der Waals surface area contributed by atoms with Crippen molar-refractivity contribution >= 4 is 0 Å². The van der Waals surface area contributed by atoms with Gasteiger partial charge in [-0.05, 0) is 56.1 Å². The summed E-state index contributed by atoms with van der Waals surface area (Å²) >= 11 is 0. The van der Waals surface area contributed by atoms with Crippen molar-refractivity contribution in [3.63, 3.8) is 0 Å². The van der Waals surface area contributed by atoms with E-state index in [1.165, 1.54) is 49.9 Å². The Morgan fingerprint density at radius 1 is 1.20 bits per heavy atom. The predicted octanol–water partition coefficient (Wildman–Crippen LogP) is 3.11. The Morgan fingerprint density at radius 3 is 2.75 bits per heavy atom.